The van der Waals surface area contributed by atoms with Crippen molar-refractivity contribution in [1.82, 2.24) is 10.2 Å². The Kier molecular flexibility index (Phi) is 9.95. The molecule has 0 aromatic heterocycles. The molecule has 1 aromatic rings. The molecular formula is C20H31BN2O8. The Hall–Kier alpha value is -2.63. The summed E-state index contributed by atoms with van der Waals surface area (Å²) in [5, 5.41) is 22.1. The number of benzene rings is 1. The quantitative estimate of drug-likeness (QED) is 0.267. The molecule has 0 spiro atoms. The van der Waals surface area contributed by atoms with E-state index >= 15 is 0 Å². The maximum Gasteiger partial charge on any atom is 0.488 e. The molecule has 10 nitrogen and oxygen atoms in total. The zero-order chi connectivity index (χ0) is 23.8. The van der Waals surface area contributed by atoms with E-state index in [1.54, 1.807) is 44.9 Å². The molecule has 31 heavy (non-hydrogen) atoms. The minimum atomic E-state index is -1.77. The third kappa shape index (κ3) is 8.95. The predicted octanol–water partition coefficient (Wildman–Crippen LogP) is -0.420. The van der Waals surface area contributed by atoms with Crippen LogP contribution in [-0.2, 0) is 36.8 Å². The van der Waals surface area contributed by atoms with Crippen LogP contribution in [0.3, 0.4) is 0 Å². The lowest BCUT2D eigenvalue weighted by molar-refractivity contribution is -0.143. The highest BCUT2D eigenvalue weighted by Crippen LogP contribution is 2.14. The number of likely N-dealkylation sites (N-methyl/N-ethyl adjacent to an activating group) is 1. The van der Waals surface area contributed by atoms with Crippen LogP contribution < -0.4 is 10.8 Å². The fourth-order valence-electron chi connectivity index (χ4n) is 2.90. The maximum atomic E-state index is 12.3. The van der Waals surface area contributed by atoms with Crippen molar-refractivity contribution in [2.45, 2.75) is 45.4 Å². The van der Waals surface area contributed by atoms with Crippen LogP contribution in [0, 0.1) is 0 Å². The monoisotopic (exact) mass is 438 g/mol. The van der Waals surface area contributed by atoms with Crippen molar-refractivity contribution in [2.24, 2.45) is 0 Å². The molecule has 0 heterocycles. The van der Waals surface area contributed by atoms with Gasteiger partial charge in [-0.2, -0.15) is 0 Å². The van der Waals surface area contributed by atoms with Gasteiger partial charge >= 0.3 is 25.2 Å². The van der Waals surface area contributed by atoms with Gasteiger partial charge in [-0.1, -0.05) is 18.2 Å². The number of hydrogen-bond acceptors (Lipinski definition) is 9. The first-order valence-electron chi connectivity index (χ1n) is 9.67. The second kappa shape index (κ2) is 11.7. The van der Waals surface area contributed by atoms with E-state index in [-0.39, 0.29) is 25.0 Å². The van der Waals surface area contributed by atoms with Crippen LogP contribution >= 0.6 is 0 Å². The molecule has 0 aliphatic carbocycles. The Balaban J connectivity index is 3.21. The summed E-state index contributed by atoms with van der Waals surface area (Å²) in [6, 6.07) is 3.76. The molecule has 0 aliphatic rings. The summed E-state index contributed by atoms with van der Waals surface area (Å²) in [6.45, 7) is 5.23. The molecule has 0 fully saturated rings. The number of carbonyl (C=O) groups excluding carboxylic acids is 3. The second-order valence-electron chi connectivity index (χ2n) is 8.03. The van der Waals surface area contributed by atoms with Crippen molar-refractivity contribution < 1.29 is 38.6 Å². The molecule has 1 amide bonds. The Morgan fingerprint density at radius 1 is 1.16 bits per heavy atom. The summed E-state index contributed by atoms with van der Waals surface area (Å²) in [4.78, 5) is 37.7. The number of ether oxygens (including phenoxy) is 3. The van der Waals surface area contributed by atoms with Gasteiger partial charge in [0.2, 0.25) is 0 Å². The zero-order valence-electron chi connectivity index (χ0n) is 18.8. The highest BCUT2D eigenvalue weighted by atomic mass is 16.6. The molecule has 3 N–H and O–H groups in total. The number of methoxy groups -OCH3 is 2. The number of nitrogens with one attached hydrogen (secondary N) is 1. The van der Waals surface area contributed by atoms with E-state index in [2.05, 4.69) is 10.1 Å². The first kappa shape index (κ1) is 26.4. The molecule has 0 saturated heterocycles. The van der Waals surface area contributed by atoms with E-state index < -0.39 is 36.8 Å². The molecule has 0 bridgehead atoms. The molecule has 0 saturated carbocycles. The number of rotatable bonds is 9. The minimum absolute atomic E-state index is 0.00781. The first-order valence-corrected chi connectivity index (χ1v) is 9.67. The van der Waals surface area contributed by atoms with Gasteiger partial charge in [0.1, 0.15) is 11.6 Å². The van der Waals surface area contributed by atoms with E-state index in [9.17, 15) is 24.4 Å². The normalized spacial score (nSPS) is 12.2. The van der Waals surface area contributed by atoms with Gasteiger partial charge in [-0.15, -0.1) is 0 Å². The molecule has 11 heteroatoms. The van der Waals surface area contributed by atoms with Crippen molar-refractivity contribution in [3.05, 3.63) is 29.3 Å². The lowest BCUT2D eigenvalue weighted by Crippen LogP contribution is -2.46. The summed E-state index contributed by atoms with van der Waals surface area (Å²) in [6.07, 6.45) is -0.779. The van der Waals surface area contributed by atoms with Crippen LogP contribution in [0.5, 0.6) is 0 Å². The number of carbonyl (C=O) groups is 3. The Labute approximate surface area is 182 Å². The van der Waals surface area contributed by atoms with E-state index in [0.717, 1.165) is 0 Å². The van der Waals surface area contributed by atoms with Crippen LogP contribution in [0.15, 0.2) is 18.2 Å². The van der Waals surface area contributed by atoms with Crippen LogP contribution in [0.4, 0.5) is 4.79 Å². The Bertz CT molecular complexity index is 779. The average Bonchev–Trinajstić information content (AvgIpc) is 2.66. The van der Waals surface area contributed by atoms with Gasteiger partial charge in [0, 0.05) is 13.0 Å². The molecule has 0 unspecified atom stereocenters. The van der Waals surface area contributed by atoms with Crippen molar-refractivity contribution in [3.63, 3.8) is 0 Å². The van der Waals surface area contributed by atoms with Crippen LogP contribution in [0.25, 0.3) is 0 Å². The number of esters is 2. The second-order valence-corrected chi connectivity index (χ2v) is 8.03. The number of nitrogens with zero attached hydrogens (tertiary/aromatic N) is 1. The lowest BCUT2D eigenvalue weighted by atomic mass is 9.75. The molecule has 1 aromatic carbocycles. The van der Waals surface area contributed by atoms with E-state index in [1.165, 1.54) is 20.3 Å². The van der Waals surface area contributed by atoms with E-state index in [0.29, 0.717) is 11.1 Å². The van der Waals surface area contributed by atoms with Gasteiger partial charge in [0.25, 0.3) is 0 Å². The van der Waals surface area contributed by atoms with Crippen molar-refractivity contribution in [1.29, 1.82) is 0 Å². The van der Waals surface area contributed by atoms with Gasteiger partial charge in [0.15, 0.2) is 0 Å². The topological polar surface area (TPSA) is 135 Å². The minimum Gasteiger partial charge on any atom is -0.468 e. The van der Waals surface area contributed by atoms with Gasteiger partial charge < -0.3 is 29.6 Å². The van der Waals surface area contributed by atoms with Crippen molar-refractivity contribution in [3.8, 4) is 0 Å². The smallest absolute Gasteiger partial charge is 0.468 e. The third-order valence-electron chi connectivity index (χ3n) is 4.24. The van der Waals surface area contributed by atoms with Gasteiger partial charge in [-0.05, 0) is 44.4 Å². The first-order chi connectivity index (χ1) is 14.4. The maximum absolute atomic E-state index is 12.3. The highest BCUT2D eigenvalue weighted by molar-refractivity contribution is 6.59. The van der Waals surface area contributed by atoms with Crippen LogP contribution in [0.1, 0.15) is 31.9 Å². The van der Waals surface area contributed by atoms with Crippen LogP contribution in [-0.4, -0.2) is 79.6 Å². The third-order valence-corrected chi connectivity index (χ3v) is 4.24. The Morgan fingerprint density at radius 2 is 1.81 bits per heavy atom. The van der Waals surface area contributed by atoms with Gasteiger partial charge in [-0.3, -0.25) is 9.69 Å². The van der Waals surface area contributed by atoms with Crippen LogP contribution in [0.2, 0.25) is 0 Å². The summed E-state index contributed by atoms with van der Waals surface area (Å²) in [5.74, 6) is -1.14. The summed E-state index contributed by atoms with van der Waals surface area (Å²) >= 11 is 0. The fourth-order valence-corrected chi connectivity index (χ4v) is 2.90. The Morgan fingerprint density at radius 3 is 2.32 bits per heavy atom. The fraction of sp³-hybridized carbons (Fsp3) is 0.550. The lowest BCUT2D eigenvalue weighted by Gasteiger charge is -2.24. The molecule has 1 atom stereocenters. The van der Waals surface area contributed by atoms with Crippen molar-refractivity contribution in [2.75, 3.05) is 27.8 Å². The molecular weight excluding hydrogens is 407 g/mol. The zero-order valence-corrected chi connectivity index (χ0v) is 18.8. The summed E-state index contributed by atoms with van der Waals surface area (Å²) < 4.78 is 14.7. The number of hydrogen-bond donors (Lipinski definition) is 3. The highest BCUT2D eigenvalue weighted by Gasteiger charge is 2.28. The van der Waals surface area contributed by atoms with E-state index in [1.807, 2.05) is 0 Å². The predicted molar refractivity (Wildman–Crippen MR) is 113 cm³/mol. The van der Waals surface area contributed by atoms with Gasteiger partial charge in [0.05, 0.1) is 20.8 Å². The van der Waals surface area contributed by atoms with Gasteiger partial charge in [-0.25, -0.2) is 9.59 Å². The summed E-state index contributed by atoms with van der Waals surface area (Å²) in [7, 11) is 2.37. The largest absolute Gasteiger partial charge is 0.488 e. The molecule has 0 radical (unpaired) electrons. The van der Waals surface area contributed by atoms with E-state index in [4.69, 9.17) is 9.47 Å². The number of amides is 1. The summed E-state index contributed by atoms with van der Waals surface area (Å²) in [5.41, 5.74) is 0.528. The average molecular weight is 438 g/mol. The van der Waals surface area contributed by atoms with Crippen molar-refractivity contribution >= 4 is 30.6 Å². The molecule has 1 rings (SSSR count). The standard InChI is InChI=1S/C20H31BN2O8/c1-20(2,3)31-19(26)22-16(18(25)30-6)10-13-8-7-9-15(21(27)28)14(13)11-23(4)12-17(24)29-5/h7-9,16,27-28H,10-12H2,1-6H3,(H,22,26)/t16-/m0/s1. The SMILES string of the molecule is COC(=O)CN(C)Cc1c(C[C@H](NC(=O)OC(C)(C)C)C(=O)OC)cccc1B(O)O. The molecule has 0 aliphatic heterocycles. The number of alkyl carbamates (subject to hydrolysis) is 1. The molecule has 172 valence electrons.